The van der Waals surface area contributed by atoms with Crippen molar-refractivity contribution in [3.05, 3.63) is 46.5 Å². The van der Waals surface area contributed by atoms with Crippen LogP contribution in [0, 0.1) is 22.7 Å². The largest absolute Gasteiger partial charge is 0.496 e. The molecular formula is C21H21N3O. The predicted octanol–water partition coefficient (Wildman–Crippen LogP) is 4.35. The molecule has 2 aromatic carbocycles. The van der Waals surface area contributed by atoms with Crippen LogP contribution < -0.4 is 10.5 Å². The normalized spacial score (nSPS) is 13.7. The van der Waals surface area contributed by atoms with Gasteiger partial charge >= 0.3 is 0 Å². The number of para-hydroxylation sites is 1. The molecule has 0 heterocycles. The summed E-state index contributed by atoms with van der Waals surface area (Å²) in [6.07, 6.45) is 6.10. The van der Waals surface area contributed by atoms with Crippen LogP contribution in [-0.4, -0.2) is 7.11 Å². The van der Waals surface area contributed by atoms with Gasteiger partial charge in [-0.25, -0.2) is 0 Å². The fourth-order valence-corrected chi connectivity index (χ4v) is 3.78. The number of hydrogen-bond donors (Lipinski definition) is 1. The van der Waals surface area contributed by atoms with Gasteiger partial charge in [0.2, 0.25) is 0 Å². The van der Waals surface area contributed by atoms with Crippen LogP contribution in [0.3, 0.4) is 0 Å². The average molecular weight is 331 g/mol. The Morgan fingerprint density at radius 2 is 1.56 bits per heavy atom. The van der Waals surface area contributed by atoms with Gasteiger partial charge in [0, 0.05) is 11.1 Å². The summed E-state index contributed by atoms with van der Waals surface area (Å²) in [6, 6.07) is 12.2. The summed E-state index contributed by atoms with van der Waals surface area (Å²) in [4.78, 5) is 0. The van der Waals surface area contributed by atoms with Crippen LogP contribution in [0.4, 0.5) is 5.69 Å². The van der Waals surface area contributed by atoms with Gasteiger partial charge in [0.05, 0.1) is 23.9 Å². The van der Waals surface area contributed by atoms with E-state index in [-0.39, 0.29) is 0 Å². The highest BCUT2D eigenvalue weighted by atomic mass is 16.5. The Kier molecular flexibility index (Phi) is 4.91. The van der Waals surface area contributed by atoms with Gasteiger partial charge in [0.15, 0.2) is 0 Å². The minimum Gasteiger partial charge on any atom is -0.496 e. The maximum Gasteiger partial charge on any atom is 0.126 e. The highest BCUT2D eigenvalue weighted by Crippen LogP contribution is 2.42. The van der Waals surface area contributed by atoms with E-state index in [4.69, 9.17) is 10.5 Å². The molecule has 0 atom stereocenters. The molecule has 126 valence electrons. The number of hydrogen-bond acceptors (Lipinski definition) is 4. The van der Waals surface area contributed by atoms with E-state index >= 15 is 0 Å². The van der Waals surface area contributed by atoms with E-state index in [2.05, 4.69) is 12.1 Å². The van der Waals surface area contributed by atoms with Crippen LogP contribution in [0.1, 0.15) is 47.9 Å². The lowest BCUT2D eigenvalue weighted by atomic mass is 9.81. The van der Waals surface area contributed by atoms with Crippen molar-refractivity contribution in [1.82, 2.24) is 0 Å². The summed E-state index contributed by atoms with van der Waals surface area (Å²) in [6.45, 7) is 0. The Morgan fingerprint density at radius 3 is 2.20 bits per heavy atom. The van der Waals surface area contributed by atoms with E-state index in [0.717, 1.165) is 54.4 Å². The second kappa shape index (κ2) is 7.28. The molecule has 1 aliphatic carbocycles. The molecule has 2 N–H and O–H groups in total. The summed E-state index contributed by atoms with van der Waals surface area (Å²) >= 11 is 0. The van der Waals surface area contributed by atoms with Crippen molar-refractivity contribution in [2.45, 2.75) is 38.5 Å². The van der Waals surface area contributed by atoms with Crippen molar-refractivity contribution in [2.24, 2.45) is 0 Å². The minimum absolute atomic E-state index is 0.297. The molecule has 3 rings (SSSR count). The summed E-state index contributed by atoms with van der Waals surface area (Å²) in [5, 5.41) is 19.4. The van der Waals surface area contributed by atoms with Crippen molar-refractivity contribution in [1.29, 1.82) is 10.5 Å². The topological polar surface area (TPSA) is 82.8 Å². The number of nitrogens with zero attached hydrogens (tertiary/aromatic N) is 2. The summed E-state index contributed by atoms with van der Waals surface area (Å²) in [7, 11) is 1.63. The van der Waals surface area contributed by atoms with Gasteiger partial charge < -0.3 is 10.5 Å². The highest BCUT2D eigenvalue weighted by Gasteiger charge is 2.25. The molecule has 0 aromatic heterocycles. The molecule has 0 aliphatic heterocycles. The summed E-state index contributed by atoms with van der Waals surface area (Å²) in [5.41, 5.74) is 11.2. The van der Waals surface area contributed by atoms with Gasteiger partial charge in [-0.05, 0) is 42.9 Å². The molecule has 4 nitrogen and oxygen atoms in total. The third-order valence-electron chi connectivity index (χ3n) is 4.96. The fourth-order valence-electron chi connectivity index (χ4n) is 3.78. The quantitative estimate of drug-likeness (QED) is 0.829. The Labute approximate surface area is 148 Å². The smallest absolute Gasteiger partial charge is 0.126 e. The number of nitrogen functional groups attached to an aromatic ring is 1. The number of ether oxygens (including phenoxy) is 1. The molecule has 25 heavy (non-hydrogen) atoms. The van der Waals surface area contributed by atoms with Crippen molar-refractivity contribution < 1.29 is 4.74 Å². The molecule has 2 aromatic rings. The zero-order chi connectivity index (χ0) is 17.8. The molecule has 0 bridgehead atoms. The lowest BCUT2D eigenvalue weighted by Gasteiger charge is -2.23. The molecule has 0 saturated heterocycles. The van der Waals surface area contributed by atoms with Gasteiger partial charge in [-0.2, -0.15) is 10.5 Å². The van der Waals surface area contributed by atoms with Crippen molar-refractivity contribution >= 4 is 5.69 Å². The van der Waals surface area contributed by atoms with E-state index < -0.39 is 0 Å². The third kappa shape index (κ3) is 2.92. The van der Waals surface area contributed by atoms with Crippen molar-refractivity contribution in [3.63, 3.8) is 0 Å². The monoisotopic (exact) mass is 331 g/mol. The zero-order valence-electron chi connectivity index (χ0n) is 14.4. The second-order valence-corrected chi connectivity index (χ2v) is 6.33. The van der Waals surface area contributed by atoms with Crippen molar-refractivity contribution in [3.8, 4) is 29.0 Å². The molecule has 0 saturated carbocycles. The van der Waals surface area contributed by atoms with Gasteiger partial charge in [0.1, 0.15) is 17.9 Å². The SMILES string of the molecule is COc1ccccc1-c1c(C#N)c(N)c(C#N)c2c1CCCCCC2. The number of rotatable bonds is 2. The van der Waals surface area contributed by atoms with Gasteiger partial charge in [-0.15, -0.1) is 0 Å². The Balaban J connectivity index is 2.41. The zero-order valence-corrected chi connectivity index (χ0v) is 14.4. The molecule has 1 aliphatic rings. The highest BCUT2D eigenvalue weighted by molar-refractivity contribution is 5.87. The molecule has 0 amide bonds. The Hall–Kier alpha value is -2.98. The van der Waals surface area contributed by atoms with Crippen LogP contribution in [0.5, 0.6) is 5.75 Å². The molecule has 0 radical (unpaired) electrons. The van der Waals surface area contributed by atoms with E-state index in [1.807, 2.05) is 24.3 Å². The van der Waals surface area contributed by atoms with Gasteiger partial charge in [0.25, 0.3) is 0 Å². The van der Waals surface area contributed by atoms with Crippen molar-refractivity contribution in [2.75, 3.05) is 12.8 Å². The third-order valence-corrected chi connectivity index (χ3v) is 4.96. The second-order valence-electron chi connectivity index (χ2n) is 6.33. The van der Waals surface area contributed by atoms with Crippen LogP contribution in [-0.2, 0) is 12.8 Å². The van der Waals surface area contributed by atoms with E-state index in [1.54, 1.807) is 7.11 Å². The molecular weight excluding hydrogens is 310 g/mol. The Bertz CT molecular complexity index is 887. The van der Waals surface area contributed by atoms with Crippen LogP contribution in [0.15, 0.2) is 24.3 Å². The molecule has 0 fully saturated rings. The van der Waals surface area contributed by atoms with Gasteiger partial charge in [-0.1, -0.05) is 31.0 Å². The summed E-state index contributed by atoms with van der Waals surface area (Å²) < 4.78 is 5.53. The maximum atomic E-state index is 9.79. The van der Waals surface area contributed by atoms with E-state index in [0.29, 0.717) is 22.6 Å². The number of nitriles is 2. The average Bonchev–Trinajstić information content (AvgIpc) is 2.62. The first-order valence-electron chi connectivity index (χ1n) is 8.63. The molecule has 0 spiro atoms. The first-order valence-corrected chi connectivity index (χ1v) is 8.63. The lowest BCUT2D eigenvalue weighted by molar-refractivity contribution is 0.416. The Morgan fingerprint density at radius 1 is 0.920 bits per heavy atom. The van der Waals surface area contributed by atoms with Crippen LogP contribution in [0.2, 0.25) is 0 Å². The van der Waals surface area contributed by atoms with Gasteiger partial charge in [-0.3, -0.25) is 0 Å². The predicted molar refractivity (Wildman–Crippen MR) is 98.1 cm³/mol. The van der Waals surface area contributed by atoms with Crippen LogP contribution >= 0.6 is 0 Å². The minimum atomic E-state index is 0.297. The first-order chi connectivity index (χ1) is 12.2. The number of methoxy groups -OCH3 is 1. The number of benzene rings is 2. The summed E-state index contributed by atoms with van der Waals surface area (Å²) in [5.74, 6) is 0.715. The number of anilines is 1. The molecule has 4 heteroatoms. The van der Waals surface area contributed by atoms with Crippen LogP contribution in [0.25, 0.3) is 11.1 Å². The molecule has 0 unspecified atom stereocenters. The van der Waals surface area contributed by atoms with E-state index in [1.165, 1.54) is 6.42 Å². The lowest BCUT2D eigenvalue weighted by Crippen LogP contribution is -2.10. The maximum absolute atomic E-state index is 9.79. The number of fused-ring (bicyclic) bond motifs is 1. The first kappa shape index (κ1) is 16.9. The van der Waals surface area contributed by atoms with E-state index in [9.17, 15) is 10.5 Å². The number of nitrogens with two attached hydrogens (primary N) is 1. The fraction of sp³-hybridized carbons (Fsp3) is 0.333. The standard InChI is InChI=1S/C21H21N3O/c1-25-19-11-7-6-10-16(19)20-15-9-5-3-2-4-8-14(15)17(12-22)21(24)18(20)13-23/h6-7,10-11H,2-5,8-9,24H2,1H3.